The molecule has 1 aliphatic heterocycles. The molecule has 1 saturated heterocycles. The molecule has 1 saturated carbocycles. The summed E-state index contributed by atoms with van der Waals surface area (Å²) in [6.45, 7) is 7.74. The molecule has 17 heavy (non-hydrogen) atoms. The second-order valence-corrected chi connectivity index (χ2v) is 6.09. The first-order valence-corrected chi connectivity index (χ1v) is 7.01. The summed E-state index contributed by atoms with van der Waals surface area (Å²) in [6, 6.07) is 0.809. The number of nitrogens with zero attached hydrogens (tertiary/aromatic N) is 1. The summed E-state index contributed by atoms with van der Waals surface area (Å²) in [6.07, 6.45) is 4.77. The molecule has 4 unspecified atom stereocenters. The van der Waals surface area contributed by atoms with Gasteiger partial charge in [0.15, 0.2) is 0 Å². The summed E-state index contributed by atoms with van der Waals surface area (Å²) in [5.74, 6) is 0.662. The summed E-state index contributed by atoms with van der Waals surface area (Å²) in [5, 5.41) is 9.20. The summed E-state index contributed by atoms with van der Waals surface area (Å²) >= 11 is 0. The van der Waals surface area contributed by atoms with Gasteiger partial charge in [-0.1, -0.05) is 20.3 Å². The molecule has 2 fully saturated rings. The molecule has 2 rings (SSSR count). The van der Waals surface area contributed by atoms with Crippen molar-refractivity contribution in [3.63, 3.8) is 0 Å². The number of aliphatic carboxylic acids is 1. The number of hydrogen-bond donors (Lipinski definition) is 1. The molecule has 4 atom stereocenters. The van der Waals surface area contributed by atoms with Gasteiger partial charge in [-0.15, -0.1) is 0 Å². The van der Waals surface area contributed by atoms with E-state index in [1.54, 1.807) is 0 Å². The number of hydrogen-bond acceptors (Lipinski definition) is 2. The maximum atomic E-state index is 11.2. The van der Waals surface area contributed by atoms with E-state index in [4.69, 9.17) is 0 Å². The van der Waals surface area contributed by atoms with Crippen molar-refractivity contribution in [2.24, 2.45) is 17.8 Å². The second kappa shape index (κ2) is 4.97. The highest BCUT2D eigenvalue weighted by Gasteiger charge is 2.42. The minimum Gasteiger partial charge on any atom is -0.481 e. The van der Waals surface area contributed by atoms with Crippen LogP contribution in [0.5, 0.6) is 0 Å². The summed E-state index contributed by atoms with van der Waals surface area (Å²) < 4.78 is 0. The van der Waals surface area contributed by atoms with Gasteiger partial charge in [0.25, 0.3) is 0 Å². The molecule has 3 heteroatoms. The molecule has 0 amide bonds. The van der Waals surface area contributed by atoms with Crippen molar-refractivity contribution >= 4 is 5.97 Å². The molecule has 1 N–H and O–H groups in total. The monoisotopic (exact) mass is 239 g/mol. The Morgan fingerprint density at radius 1 is 1.12 bits per heavy atom. The quantitative estimate of drug-likeness (QED) is 0.805. The van der Waals surface area contributed by atoms with Crippen LogP contribution in [0.4, 0.5) is 0 Å². The molecule has 3 nitrogen and oxygen atoms in total. The highest BCUT2D eigenvalue weighted by atomic mass is 16.4. The van der Waals surface area contributed by atoms with Gasteiger partial charge in [-0.2, -0.15) is 0 Å². The van der Waals surface area contributed by atoms with Crippen LogP contribution < -0.4 is 0 Å². The largest absolute Gasteiger partial charge is 0.481 e. The van der Waals surface area contributed by atoms with Crippen LogP contribution in [0.3, 0.4) is 0 Å². The standard InChI is InChI=1S/C14H25NO2/c1-9-5-4-6-10(2)13(9)15-8-7-12(11(15)3)14(16)17/h9-13H,4-8H2,1-3H3,(H,16,17). The van der Waals surface area contributed by atoms with Crippen molar-refractivity contribution in [1.29, 1.82) is 0 Å². The lowest BCUT2D eigenvalue weighted by Crippen LogP contribution is -2.49. The third-order valence-corrected chi connectivity index (χ3v) is 4.99. The number of carboxylic acids is 1. The SMILES string of the molecule is CC1CCCC(C)C1N1CCC(C(=O)O)C1C. The molecule has 2 aliphatic rings. The van der Waals surface area contributed by atoms with Gasteiger partial charge in [-0.05, 0) is 44.6 Å². The fourth-order valence-corrected chi connectivity index (χ4v) is 4.03. The summed E-state index contributed by atoms with van der Waals surface area (Å²) in [7, 11) is 0. The van der Waals surface area contributed by atoms with Gasteiger partial charge in [-0.25, -0.2) is 0 Å². The summed E-state index contributed by atoms with van der Waals surface area (Å²) in [5.41, 5.74) is 0. The zero-order chi connectivity index (χ0) is 12.6. The summed E-state index contributed by atoms with van der Waals surface area (Å²) in [4.78, 5) is 13.7. The minimum absolute atomic E-state index is 0.156. The van der Waals surface area contributed by atoms with Crippen LogP contribution in [0, 0.1) is 17.8 Å². The minimum atomic E-state index is -0.615. The molecule has 98 valence electrons. The highest BCUT2D eigenvalue weighted by molar-refractivity contribution is 5.71. The van der Waals surface area contributed by atoms with E-state index in [2.05, 4.69) is 25.7 Å². The number of likely N-dealkylation sites (tertiary alicyclic amines) is 1. The van der Waals surface area contributed by atoms with Crippen LogP contribution >= 0.6 is 0 Å². The van der Waals surface area contributed by atoms with E-state index in [0.29, 0.717) is 17.9 Å². The normalized spacial score (nSPS) is 43.8. The van der Waals surface area contributed by atoms with Crippen molar-refractivity contribution in [1.82, 2.24) is 4.90 Å². The zero-order valence-electron chi connectivity index (χ0n) is 11.2. The first kappa shape index (κ1) is 12.9. The van der Waals surface area contributed by atoms with Crippen molar-refractivity contribution in [3.05, 3.63) is 0 Å². The molecular formula is C14H25NO2. The van der Waals surface area contributed by atoms with Gasteiger partial charge in [0.05, 0.1) is 5.92 Å². The van der Waals surface area contributed by atoms with E-state index in [0.717, 1.165) is 13.0 Å². The Kier molecular flexibility index (Phi) is 3.76. The smallest absolute Gasteiger partial charge is 0.308 e. The lowest BCUT2D eigenvalue weighted by atomic mass is 9.77. The van der Waals surface area contributed by atoms with Gasteiger partial charge in [0, 0.05) is 12.1 Å². The van der Waals surface area contributed by atoms with Crippen molar-refractivity contribution in [3.8, 4) is 0 Å². The van der Waals surface area contributed by atoms with Crippen LogP contribution in [-0.2, 0) is 4.79 Å². The molecular weight excluding hydrogens is 214 g/mol. The maximum absolute atomic E-state index is 11.2. The first-order valence-electron chi connectivity index (χ1n) is 7.01. The highest BCUT2D eigenvalue weighted by Crippen LogP contribution is 2.37. The fraction of sp³-hybridized carbons (Fsp3) is 0.929. The van der Waals surface area contributed by atoms with Crippen molar-refractivity contribution in [2.45, 2.75) is 58.5 Å². The second-order valence-electron chi connectivity index (χ2n) is 6.09. The lowest BCUT2D eigenvalue weighted by molar-refractivity contribution is -0.142. The van der Waals surface area contributed by atoms with Crippen LogP contribution in [0.15, 0.2) is 0 Å². The third-order valence-electron chi connectivity index (χ3n) is 4.99. The molecule has 0 aromatic rings. The van der Waals surface area contributed by atoms with Crippen LogP contribution in [-0.4, -0.2) is 34.6 Å². The molecule has 0 aromatic heterocycles. The molecule has 1 heterocycles. The average molecular weight is 239 g/mol. The fourth-order valence-electron chi connectivity index (χ4n) is 4.03. The maximum Gasteiger partial charge on any atom is 0.308 e. The molecule has 1 aliphatic carbocycles. The first-order chi connectivity index (χ1) is 8.02. The van der Waals surface area contributed by atoms with Crippen molar-refractivity contribution < 1.29 is 9.90 Å². The van der Waals surface area contributed by atoms with Gasteiger partial charge in [0.1, 0.15) is 0 Å². The predicted molar refractivity (Wildman–Crippen MR) is 67.9 cm³/mol. The van der Waals surface area contributed by atoms with E-state index in [1.807, 2.05) is 0 Å². The van der Waals surface area contributed by atoms with Crippen molar-refractivity contribution in [2.75, 3.05) is 6.54 Å². The lowest BCUT2D eigenvalue weighted by Gasteiger charge is -2.43. The van der Waals surface area contributed by atoms with Crippen LogP contribution in [0.25, 0.3) is 0 Å². The molecule has 0 radical (unpaired) electrons. The third kappa shape index (κ3) is 2.35. The Labute approximate surface area is 104 Å². The average Bonchev–Trinajstić information content (AvgIpc) is 2.61. The number of rotatable bonds is 2. The Hall–Kier alpha value is -0.570. The Bertz CT molecular complexity index is 282. The number of carboxylic acid groups (broad SMARTS) is 1. The number of carbonyl (C=O) groups is 1. The van der Waals surface area contributed by atoms with Gasteiger partial charge < -0.3 is 5.11 Å². The van der Waals surface area contributed by atoms with E-state index in [-0.39, 0.29) is 12.0 Å². The molecule has 0 spiro atoms. The van der Waals surface area contributed by atoms with E-state index in [1.165, 1.54) is 19.3 Å². The predicted octanol–water partition coefficient (Wildman–Crippen LogP) is 2.61. The topological polar surface area (TPSA) is 40.5 Å². The Morgan fingerprint density at radius 2 is 1.71 bits per heavy atom. The van der Waals surface area contributed by atoms with E-state index < -0.39 is 5.97 Å². The Balaban J connectivity index is 2.09. The van der Waals surface area contributed by atoms with E-state index >= 15 is 0 Å². The molecule has 0 aromatic carbocycles. The Morgan fingerprint density at radius 3 is 2.18 bits per heavy atom. The van der Waals surface area contributed by atoms with Gasteiger partial charge in [-0.3, -0.25) is 9.69 Å². The van der Waals surface area contributed by atoms with Crippen LogP contribution in [0.1, 0.15) is 46.5 Å². The van der Waals surface area contributed by atoms with E-state index in [9.17, 15) is 9.90 Å². The zero-order valence-corrected chi connectivity index (χ0v) is 11.2. The molecule has 0 bridgehead atoms. The van der Waals surface area contributed by atoms with Gasteiger partial charge >= 0.3 is 5.97 Å². The van der Waals surface area contributed by atoms with Gasteiger partial charge in [0.2, 0.25) is 0 Å². The van der Waals surface area contributed by atoms with Crippen LogP contribution in [0.2, 0.25) is 0 Å².